The van der Waals surface area contributed by atoms with Crippen LogP contribution in [0.5, 0.6) is 5.75 Å². The second kappa shape index (κ2) is 5.29. The Morgan fingerprint density at radius 2 is 1.55 bits per heavy atom. The normalized spacial score (nSPS) is 15.9. The maximum Gasteiger partial charge on any atom is 0.119 e. The van der Waals surface area contributed by atoms with E-state index in [4.69, 9.17) is 10.5 Å². The number of rotatable bonds is 4. The van der Waals surface area contributed by atoms with Crippen LogP contribution in [0.4, 0.5) is 0 Å². The number of hydrogen-bond donors (Lipinski definition) is 1. The molecule has 0 aliphatic heterocycles. The smallest absolute Gasteiger partial charge is 0.119 e. The van der Waals surface area contributed by atoms with Gasteiger partial charge in [0.05, 0.1) is 12.1 Å². The van der Waals surface area contributed by atoms with Crippen molar-refractivity contribution in [1.82, 2.24) is 0 Å². The van der Waals surface area contributed by atoms with Gasteiger partial charge in [0.2, 0.25) is 0 Å². The Hall–Kier alpha value is -1.80. The highest BCUT2D eigenvalue weighted by molar-refractivity contribution is 5.38. The van der Waals surface area contributed by atoms with E-state index in [1.165, 1.54) is 29.5 Å². The second-order valence-electron chi connectivity index (χ2n) is 5.78. The first-order chi connectivity index (χ1) is 9.61. The van der Waals surface area contributed by atoms with Crippen LogP contribution in [0.3, 0.4) is 0 Å². The summed E-state index contributed by atoms with van der Waals surface area (Å²) in [5, 5.41) is 0. The van der Waals surface area contributed by atoms with Gasteiger partial charge in [0, 0.05) is 0 Å². The minimum atomic E-state index is -0.0800. The van der Waals surface area contributed by atoms with Gasteiger partial charge in [-0.05, 0) is 49.9 Å². The zero-order valence-electron chi connectivity index (χ0n) is 12.1. The van der Waals surface area contributed by atoms with Gasteiger partial charge in [-0.3, -0.25) is 0 Å². The predicted molar refractivity (Wildman–Crippen MR) is 82.0 cm³/mol. The number of aryl methyl sites for hydroxylation is 2. The van der Waals surface area contributed by atoms with Crippen molar-refractivity contribution in [2.24, 2.45) is 5.73 Å². The SMILES string of the molecule is Cc1cc(C)cc(C(N)c2ccc(OC3CC3)cc2)c1. The van der Waals surface area contributed by atoms with Crippen LogP contribution < -0.4 is 10.5 Å². The van der Waals surface area contributed by atoms with E-state index < -0.39 is 0 Å². The van der Waals surface area contributed by atoms with E-state index in [1.54, 1.807) is 0 Å². The van der Waals surface area contributed by atoms with E-state index in [0.29, 0.717) is 6.10 Å². The Labute approximate surface area is 120 Å². The van der Waals surface area contributed by atoms with Gasteiger partial charge in [-0.15, -0.1) is 0 Å². The largest absolute Gasteiger partial charge is 0.490 e. The first-order valence-electron chi connectivity index (χ1n) is 7.22. The lowest BCUT2D eigenvalue weighted by Crippen LogP contribution is -2.12. The summed E-state index contributed by atoms with van der Waals surface area (Å²) in [6, 6.07) is 14.6. The fourth-order valence-corrected chi connectivity index (χ4v) is 2.51. The van der Waals surface area contributed by atoms with Gasteiger partial charge < -0.3 is 10.5 Å². The van der Waals surface area contributed by atoms with Crippen LogP contribution in [0.2, 0.25) is 0 Å². The molecule has 2 heteroatoms. The molecule has 2 N–H and O–H groups in total. The van der Waals surface area contributed by atoms with E-state index in [0.717, 1.165) is 11.3 Å². The third-order valence-corrected chi connectivity index (χ3v) is 3.67. The van der Waals surface area contributed by atoms with E-state index in [2.05, 4.69) is 44.2 Å². The van der Waals surface area contributed by atoms with Crippen LogP contribution in [-0.4, -0.2) is 6.10 Å². The van der Waals surface area contributed by atoms with Gasteiger partial charge in [0.15, 0.2) is 0 Å². The predicted octanol–water partition coefficient (Wildman–Crippen LogP) is 3.89. The average molecular weight is 267 g/mol. The molecule has 1 atom stereocenters. The molecule has 0 bridgehead atoms. The van der Waals surface area contributed by atoms with Crippen LogP contribution in [0.25, 0.3) is 0 Å². The van der Waals surface area contributed by atoms with E-state index in [1.807, 2.05) is 12.1 Å². The molecular formula is C18H21NO. The van der Waals surface area contributed by atoms with Crippen molar-refractivity contribution >= 4 is 0 Å². The van der Waals surface area contributed by atoms with Crippen LogP contribution >= 0.6 is 0 Å². The Balaban J connectivity index is 1.79. The molecule has 104 valence electrons. The molecule has 20 heavy (non-hydrogen) atoms. The fraction of sp³-hybridized carbons (Fsp3) is 0.333. The summed E-state index contributed by atoms with van der Waals surface area (Å²) in [5.74, 6) is 0.948. The number of hydrogen-bond acceptors (Lipinski definition) is 2. The van der Waals surface area contributed by atoms with Gasteiger partial charge in [0.1, 0.15) is 5.75 Å². The van der Waals surface area contributed by atoms with Gasteiger partial charge in [-0.25, -0.2) is 0 Å². The molecule has 0 aromatic heterocycles. The van der Waals surface area contributed by atoms with Gasteiger partial charge in [-0.2, -0.15) is 0 Å². The van der Waals surface area contributed by atoms with Crippen molar-refractivity contribution in [2.45, 2.75) is 38.8 Å². The van der Waals surface area contributed by atoms with Gasteiger partial charge in [0.25, 0.3) is 0 Å². The highest BCUT2D eigenvalue weighted by Gasteiger charge is 2.23. The van der Waals surface area contributed by atoms with Crippen molar-refractivity contribution in [3.8, 4) is 5.75 Å². The zero-order valence-corrected chi connectivity index (χ0v) is 12.1. The topological polar surface area (TPSA) is 35.2 Å². The summed E-state index contributed by atoms with van der Waals surface area (Å²) < 4.78 is 5.76. The van der Waals surface area contributed by atoms with E-state index >= 15 is 0 Å². The molecule has 0 amide bonds. The molecular weight excluding hydrogens is 246 g/mol. The van der Waals surface area contributed by atoms with Crippen LogP contribution in [0, 0.1) is 13.8 Å². The minimum absolute atomic E-state index is 0.0800. The number of ether oxygens (including phenoxy) is 1. The molecule has 0 heterocycles. The van der Waals surface area contributed by atoms with Crippen molar-refractivity contribution in [3.05, 3.63) is 64.7 Å². The second-order valence-corrected chi connectivity index (χ2v) is 5.78. The lowest BCUT2D eigenvalue weighted by atomic mass is 9.96. The lowest BCUT2D eigenvalue weighted by molar-refractivity contribution is 0.303. The summed E-state index contributed by atoms with van der Waals surface area (Å²) in [7, 11) is 0. The molecule has 0 radical (unpaired) electrons. The Kier molecular flexibility index (Phi) is 3.49. The molecule has 0 saturated heterocycles. The molecule has 3 rings (SSSR count). The Morgan fingerprint density at radius 3 is 2.10 bits per heavy atom. The molecule has 1 aliphatic rings. The first kappa shape index (κ1) is 13.2. The molecule has 1 aliphatic carbocycles. The maximum atomic E-state index is 6.38. The Morgan fingerprint density at radius 1 is 0.950 bits per heavy atom. The third-order valence-electron chi connectivity index (χ3n) is 3.67. The monoisotopic (exact) mass is 267 g/mol. The summed E-state index contributed by atoms with van der Waals surface area (Å²) in [6.07, 6.45) is 2.81. The summed E-state index contributed by atoms with van der Waals surface area (Å²) in [5.41, 5.74) is 11.2. The molecule has 1 fully saturated rings. The van der Waals surface area contributed by atoms with Crippen LogP contribution in [-0.2, 0) is 0 Å². The molecule has 1 unspecified atom stereocenters. The standard InChI is InChI=1S/C18H21NO/c1-12-9-13(2)11-15(10-12)18(19)14-3-5-16(6-4-14)20-17-7-8-17/h3-6,9-11,17-18H,7-8,19H2,1-2H3. The van der Waals surface area contributed by atoms with Crippen molar-refractivity contribution < 1.29 is 4.74 Å². The maximum absolute atomic E-state index is 6.38. The molecule has 2 aromatic rings. The number of nitrogens with two attached hydrogens (primary N) is 1. The van der Waals surface area contributed by atoms with E-state index in [-0.39, 0.29) is 6.04 Å². The van der Waals surface area contributed by atoms with Crippen LogP contribution in [0.1, 0.15) is 41.1 Å². The average Bonchev–Trinajstić information content (AvgIpc) is 3.22. The first-order valence-corrected chi connectivity index (χ1v) is 7.22. The highest BCUT2D eigenvalue weighted by Crippen LogP contribution is 2.28. The highest BCUT2D eigenvalue weighted by atomic mass is 16.5. The van der Waals surface area contributed by atoms with Crippen molar-refractivity contribution in [3.63, 3.8) is 0 Å². The summed E-state index contributed by atoms with van der Waals surface area (Å²) >= 11 is 0. The zero-order chi connectivity index (χ0) is 14.1. The molecule has 0 spiro atoms. The summed E-state index contributed by atoms with van der Waals surface area (Å²) in [4.78, 5) is 0. The third kappa shape index (κ3) is 3.02. The van der Waals surface area contributed by atoms with Gasteiger partial charge in [-0.1, -0.05) is 41.5 Å². The number of benzene rings is 2. The lowest BCUT2D eigenvalue weighted by Gasteiger charge is -2.15. The molecule has 2 aromatic carbocycles. The quantitative estimate of drug-likeness (QED) is 0.912. The van der Waals surface area contributed by atoms with Crippen molar-refractivity contribution in [2.75, 3.05) is 0 Å². The molecule has 2 nitrogen and oxygen atoms in total. The summed E-state index contributed by atoms with van der Waals surface area (Å²) in [6.45, 7) is 4.21. The molecule has 1 saturated carbocycles. The van der Waals surface area contributed by atoms with Crippen molar-refractivity contribution in [1.29, 1.82) is 0 Å². The van der Waals surface area contributed by atoms with Crippen LogP contribution in [0.15, 0.2) is 42.5 Å². The minimum Gasteiger partial charge on any atom is -0.490 e. The fourth-order valence-electron chi connectivity index (χ4n) is 2.51. The van der Waals surface area contributed by atoms with Gasteiger partial charge >= 0.3 is 0 Å². The Bertz CT molecular complexity index is 579. The van der Waals surface area contributed by atoms with E-state index in [9.17, 15) is 0 Å².